The quantitative estimate of drug-likeness (QED) is 0.326. The van der Waals surface area contributed by atoms with Crippen molar-refractivity contribution in [2.45, 2.75) is 19.0 Å². The Hall–Kier alpha value is -4.69. The molecule has 2 heterocycles. The minimum Gasteiger partial charge on any atom is -0.377 e. The van der Waals surface area contributed by atoms with E-state index in [4.69, 9.17) is 9.47 Å². The molecule has 14 heteroatoms. The Labute approximate surface area is 247 Å². The predicted octanol–water partition coefficient (Wildman–Crippen LogP) is -0.0856. The normalized spacial score (nSPS) is 17.4. The van der Waals surface area contributed by atoms with Crippen LogP contribution in [0.2, 0.25) is 0 Å². The number of benzene rings is 2. The summed E-state index contributed by atoms with van der Waals surface area (Å²) in [5.74, 6) is -2.43. The van der Waals surface area contributed by atoms with E-state index < -0.39 is 35.5 Å². The maximum atomic E-state index is 13.2. The molecule has 1 fully saturated rings. The molecule has 3 N–H and O–H groups in total. The number of ether oxygens (including phenoxy) is 2. The summed E-state index contributed by atoms with van der Waals surface area (Å²) in [6, 6.07) is 13.7. The van der Waals surface area contributed by atoms with Gasteiger partial charge in [0.2, 0.25) is 17.7 Å². The lowest BCUT2D eigenvalue weighted by Gasteiger charge is -2.24. The molecule has 1 aliphatic rings. The number of aromatic nitrogens is 3. The van der Waals surface area contributed by atoms with Crippen molar-refractivity contribution in [3.63, 3.8) is 0 Å². The molecule has 1 aromatic heterocycles. The second kappa shape index (κ2) is 16.1. The van der Waals surface area contributed by atoms with Gasteiger partial charge in [0.05, 0.1) is 38.6 Å². The van der Waals surface area contributed by atoms with Gasteiger partial charge in [-0.3, -0.25) is 19.2 Å². The van der Waals surface area contributed by atoms with Crippen molar-refractivity contribution in [2.24, 2.45) is 0 Å². The summed E-state index contributed by atoms with van der Waals surface area (Å²) in [7, 11) is 0. The molecular formula is C29H34FN7O6. The van der Waals surface area contributed by atoms with Gasteiger partial charge in [-0.15, -0.1) is 5.10 Å². The Morgan fingerprint density at radius 3 is 2.58 bits per heavy atom. The minimum atomic E-state index is -0.995. The molecule has 3 aromatic rings. The maximum absolute atomic E-state index is 13.2. The molecule has 0 unspecified atom stereocenters. The van der Waals surface area contributed by atoms with Crippen LogP contribution in [0, 0.1) is 5.82 Å². The fraction of sp³-hybridized carbons (Fsp3) is 0.379. The third kappa shape index (κ3) is 10.3. The zero-order valence-corrected chi connectivity index (χ0v) is 23.5. The molecule has 1 aliphatic heterocycles. The van der Waals surface area contributed by atoms with Crippen LogP contribution in [0.25, 0.3) is 0 Å². The predicted molar refractivity (Wildman–Crippen MR) is 151 cm³/mol. The molecule has 1 saturated heterocycles. The number of nitrogens with one attached hydrogen (secondary N) is 3. The molecule has 13 nitrogen and oxygen atoms in total. The van der Waals surface area contributed by atoms with Crippen molar-refractivity contribution in [3.8, 4) is 0 Å². The van der Waals surface area contributed by atoms with Crippen molar-refractivity contribution in [1.82, 2.24) is 35.8 Å². The largest absolute Gasteiger partial charge is 0.377 e. The molecule has 1 atom stereocenters. The molecule has 0 radical (unpaired) electrons. The van der Waals surface area contributed by atoms with Crippen LogP contribution >= 0.6 is 0 Å². The summed E-state index contributed by atoms with van der Waals surface area (Å²) in [5, 5.41) is 16.4. The van der Waals surface area contributed by atoms with E-state index in [1.165, 1.54) is 29.2 Å². The van der Waals surface area contributed by atoms with Crippen molar-refractivity contribution in [2.75, 3.05) is 52.6 Å². The Morgan fingerprint density at radius 1 is 1.02 bits per heavy atom. The molecule has 0 aliphatic carbocycles. The fourth-order valence-corrected chi connectivity index (χ4v) is 4.25. The number of carbonyl (C=O) groups excluding carboxylic acids is 4. The summed E-state index contributed by atoms with van der Waals surface area (Å²) in [6.07, 6.45) is 1.78. The lowest BCUT2D eigenvalue weighted by Crippen LogP contribution is -2.52. The summed E-state index contributed by atoms with van der Waals surface area (Å²) >= 11 is 0. The first-order valence-electron chi connectivity index (χ1n) is 13.8. The second-order valence-corrected chi connectivity index (χ2v) is 9.75. The number of carbonyl (C=O) groups is 4. The molecule has 43 heavy (non-hydrogen) atoms. The number of hydrogen-bond acceptors (Lipinski definition) is 8. The summed E-state index contributed by atoms with van der Waals surface area (Å²) in [4.78, 5) is 52.7. The molecule has 0 saturated carbocycles. The maximum Gasteiger partial charge on any atom is 0.251 e. The van der Waals surface area contributed by atoms with Crippen LogP contribution in [-0.2, 0) is 36.8 Å². The molecular weight excluding hydrogens is 561 g/mol. The highest BCUT2D eigenvalue weighted by molar-refractivity contribution is 5.94. The molecule has 0 spiro atoms. The lowest BCUT2D eigenvalue weighted by atomic mass is 10.1. The number of amides is 4. The Bertz CT molecular complexity index is 1370. The zero-order chi connectivity index (χ0) is 30.4. The van der Waals surface area contributed by atoms with Gasteiger partial charge in [0.1, 0.15) is 18.5 Å². The molecule has 2 aromatic carbocycles. The first-order valence-corrected chi connectivity index (χ1v) is 13.8. The number of halogens is 1. The SMILES string of the molecule is O=C1CN(CCNC(=O)c2ccc(F)cc2)C(=O)COCCOCCNC(=O)[C@@H](Cc2cn(Cc3ccccc3)nn2)N1. The molecule has 4 amide bonds. The van der Waals surface area contributed by atoms with E-state index in [1.54, 1.807) is 10.9 Å². The van der Waals surface area contributed by atoms with Gasteiger partial charge in [0, 0.05) is 37.8 Å². The monoisotopic (exact) mass is 595 g/mol. The van der Waals surface area contributed by atoms with Crippen molar-refractivity contribution < 1.29 is 33.0 Å². The van der Waals surface area contributed by atoms with Crippen LogP contribution in [0.5, 0.6) is 0 Å². The summed E-state index contributed by atoms with van der Waals surface area (Å²) in [6.45, 7) is 0.608. The minimum absolute atomic E-state index is 0.0102. The highest BCUT2D eigenvalue weighted by Crippen LogP contribution is 2.06. The third-order valence-corrected chi connectivity index (χ3v) is 6.44. The van der Waals surface area contributed by atoms with Crippen LogP contribution in [-0.4, -0.2) is 102 Å². The first kappa shape index (κ1) is 31.3. The topological polar surface area (TPSA) is 157 Å². The number of rotatable bonds is 8. The van der Waals surface area contributed by atoms with Crippen LogP contribution in [0.1, 0.15) is 21.6 Å². The van der Waals surface area contributed by atoms with Crippen molar-refractivity contribution in [3.05, 3.63) is 83.4 Å². The van der Waals surface area contributed by atoms with Gasteiger partial charge < -0.3 is 30.3 Å². The molecule has 228 valence electrons. The summed E-state index contributed by atoms with van der Waals surface area (Å²) in [5.41, 5.74) is 1.78. The van der Waals surface area contributed by atoms with E-state index in [0.29, 0.717) is 12.2 Å². The number of nitrogens with zero attached hydrogens (tertiary/aromatic N) is 4. The Balaban J connectivity index is 1.40. The van der Waals surface area contributed by atoms with Gasteiger partial charge >= 0.3 is 0 Å². The fourth-order valence-electron chi connectivity index (χ4n) is 4.25. The third-order valence-electron chi connectivity index (χ3n) is 6.44. The van der Waals surface area contributed by atoms with Gasteiger partial charge in [-0.25, -0.2) is 9.07 Å². The van der Waals surface area contributed by atoms with Gasteiger partial charge in [0.25, 0.3) is 5.91 Å². The van der Waals surface area contributed by atoms with E-state index >= 15 is 0 Å². The lowest BCUT2D eigenvalue weighted by molar-refractivity contribution is -0.140. The van der Waals surface area contributed by atoms with Crippen LogP contribution in [0.4, 0.5) is 4.39 Å². The average molecular weight is 596 g/mol. The van der Waals surface area contributed by atoms with E-state index in [9.17, 15) is 23.6 Å². The average Bonchev–Trinajstić information content (AvgIpc) is 3.44. The van der Waals surface area contributed by atoms with E-state index in [2.05, 4.69) is 26.3 Å². The van der Waals surface area contributed by atoms with Crippen LogP contribution in [0.15, 0.2) is 60.8 Å². The standard InChI is InChI=1S/C29H34FN7O6/c30-23-8-6-22(7-9-23)28(40)31-10-12-36-19-26(38)33-25(29(41)32-11-13-42-14-15-43-20-27(36)39)16-24-18-37(35-34-24)17-21-4-2-1-3-5-21/h1-9,18,25H,10-17,19-20H2,(H,31,40)(H,32,41)(H,33,38)/t25-/m1/s1. The second-order valence-electron chi connectivity index (χ2n) is 9.75. The van der Waals surface area contributed by atoms with Gasteiger partial charge in [-0.2, -0.15) is 0 Å². The van der Waals surface area contributed by atoms with Crippen molar-refractivity contribution >= 4 is 23.6 Å². The van der Waals surface area contributed by atoms with E-state index in [1.807, 2.05) is 30.3 Å². The smallest absolute Gasteiger partial charge is 0.251 e. The zero-order valence-electron chi connectivity index (χ0n) is 23.5. The van der Waals surface area contributed by atoms with Crippen LogP contribution < -0.4 is 16.0 Å². The first-order chi connectivity index (χ1) is 20.9. The summed E-state index contributed by atoms with van der Waals surface area (Å²) < 4.78 is 25.6. The number of hydrogen-bond donors (Lipinski definition) is 3. The van der Waals surface area contributed by atoms with Crippen LogP contribution in [0.3, 0.4) is 0 Å². The van der Waals surface area contributed by atoms with Gasteiger partial charge in [-0.1, -0.05) is 35.5 Å². The Kier molecular flexibility index (Phi) is 11.7. The van der Waals surface area contributed by atoms with E-state index in [-0.39, 0.29) is 64.6 Å². The molecule has 0 bridgehead atoms. The van der Waals surface area contributed by atoms with Gasteiger partial charge in [0.15, 0.2) is 0 Å². The van der Waals surface area contributed by atoms with E-state index in [0.717, 1.165) is 5.56 Å². The molecule has 4 rings (SSSR count). The Morgan fingerprint density at radius 2 is 1.79 bits per heavy atom. The highest BCUT2D eigenvalue weighted by atomic mass is 19.1. The van der Waals surface area contributed by atoms with Crippen molar-refractivity contribution in [1.29, 1.82) is 0 Å². The highest BCUT2D eigenvalue weighted by Gasteiger charge is 2.25. The van der Waals surface area contributed by atoms with Gasteiger partial charge in [-0.05, 0) is 29.8 Å².